The molecule has 9 aromatic rings. The molecule has 1 heterocycles. The van der Waals surface area contributed by atoms with Crippen LogP contribution in [0.2, 0.25) is 0 Å². The summed E-state index contributed by atoms with van der Waals surface area (Å²) in [5, 5.41) is 7.54. The van der Waals surface area contributed by atoms with Crippen LogP contribution in [0.5, 0.6) is 0 Å². The SMILES string of the molecule is c1ccc(N(c2ccc(-c3cccc(-n4c5ccccc5c5ccccc54)c3)cc2)c2cc3ccccc3c3ccccc23)cc1. The van der Waals surface area contributed by atoms with Crippen molar-refractivity contribution in [2.24, 2.45) is 0 Å². The molecule has 0 unspecified atom stereocenters. The Balaban J connectivity index is 1.17. The zero-order valence-corrected chi connectivity index (χ0v) is 25.2. The highest BCUT2D eigenvalue weighted by molar-refractivity contribution is 6.14. The predicted octanol–water partition coefficient (Wildman–Crippen LogP) is 12.2. The Morgan fingerprint density at radius 3 is 1.63 bits per heavy atom. The molecule has 0 aliphatic heterocycles. The van der Waals surface area contributed by atoms with Gasteiger partial charge >= 0.3 is 0 Å². The van der Waals surface area contributed by atoms with Crippen LogP contribution in [0.1, 0.15) is 0 Å². The minimum atomic E-state index is 1.12. The van der Waals surface area contributed by atoms with Crippen LogP contribution in [0.4, 0.5) is 17.1 Å². The van der Waals surface area contributed by atoms with Crippen molar-refractivity contribution in [3.05, 3.63) is 182 Å². The highest BCUT2D eigenvalue weighted by Gasteiger charge is 2.17. The molecule has 0 N–H and O–H groups in total. The minimum Gasteiger partial charge on any atom is -0.310 e. The number of aromatic nitrogens is 1. The van der Waals surface area contributed by atoms with Crippen LogP contribution in [0.15, 0.2) is 182 Å². The number of fused-ring (bicyclic) bond motifs is 6. The molecule has 0 bridgehead atoms. The van der Waals surface area contributed by atoms with Gasteiger partial charge in [0.05, 0.1) is 16.7 Å². The van der Waals surface area contributed by atoms with Gasteiger partial charge in [0.1, 0.15) is 0 Å². The second-order valence-electron chi connectivity index (χ2n) is 11.8. The van der Waals surface area contributed by atoms with Crippen molar-refractivity contribution < 1.29 is 0 Å². The summed E-state index contributed by atoms with van der Waals surface area (Å²) in [6.45, 7) is 0. The molecule has 46 heavy (non-hydrogen) atoms. The summed E-state index contributed by atoms with van der Waals surface area (Å²) in [6.07, 6.45) is 0. The highest BCUT2D eigenvalue weighted by Crippen LogP contribution is 2.42. The van der Waals surface area contributed by atoms with E-state index in [1.54, 1.807) is 0 Å². The van der Waals surface area contributed by atoms with Gasteiger partial charge in [-0.2, -0.15) is 0 Å². The zero-order chi connectivity index (χ0) is 30.5. The van der Waals surface area contributed by atoms with Gasteiger partial charge in [-0.3, -0.25) is 0 Å². The first-order valence-corrected chi connectivity index (χ1v) is 15.8. The van der Waals surface area contributed by atoms with Gasteiger partial charge in [0, 0.05) is 33.2 Å². The lowest BCUT2D eigenvalue weighted by molar-refractivity contribution is 1.18. The Labute approximate surface area is 268 Å². The molecule has 2 heteroatoms. The number of nitrogens with zero attached hydrogens (tertiary/aromatic N) is 2. The third-order valence-electron chi connectivity index (χ3n) is 9.14. The Bertz CT molecular complexity index is 2470. The van der Waals surface area contributed by atoms with E-state index in [9.17, 15) is 0 Å². The summed E-state index contributed by atoms with van der Waals surface area (Å²) in [5.74, 6) is 0. The standard InChI is InChI=1S/C44H30N2/c1-2-15-34(16-3-1)45(44-30-33-13-4-5-18-37(33)38-19-6-7-20-39(38)44)35-27-25-31(26-28-35)32-14-12-17-36(29-32)46-42-23-10-8-21-40(42)41-22-9-11-24-43(41)46/h1-30H. The Kier molecular flexibility index (Phi) is 6.17. The van der Waals surface area contributed by atoms with Gasteiger partial charge in [-0.1, -0.05) is 127 Å². The van der Waals surface area contributed by atoms with Gasteiger partial charge in [-0.15, -0.1) is 0 Å². The first-order valence-electron chi connectivity index (χ1n) is 15.8. The van der Waals surface area contributed by atoms with E-state index in [4.69, 9.17) is 0 Å². The minimum absolute atomic E-state index is 1.12. The van der Waals surface area contributed by atoms with E-state index < -0.39 is 0 Å². The molecule has 1 aromatic heterocycles. The Morgan fingerprint density at radius 2 is 0.913 bits per heavy atom. The molecule has 216 valence electrons. The van der Waals surface area contributed by atoms with Crippen LogP contribution >= 0.6 is 0 Å². The van der Waals surface area contributed by atoms with Crippen LogP contribution in [0.3, 0.4) is 0 Å². The fraction of sp³-hybridized carbons (Fsp3) is 0. The Hall–Kier alpha value is -6.12. The summed E-state index contributed by atoms with van der Waals surface area (Å²) in [6, 6.07) is 65.6. The monoisotopic (exact) mass is 586 g/mol. The molecule has 8 aromatic carbocycles. The van der Waals surface area contributed by atoms with Crippen molar-refractivity contribution in [2.45, 2.75) is 0 Å². The zero-order valence-electron chi connectivity index (χ0n) is 25.2. The number of anilines is 3. The molecule has 0 aliphatic carbocycles. The van der Waals surface area contributed by atoms with E-state index in [0.29, 0.717) is 0 Å². The van der Waals surface area contributed by atoms with Crippen LogP contribution in [0, 0.1) is 0 Å². The molecule has 0 saturated carbocycles. The van der Waals surface area contributed by atoms with E-state index in [-0.39, 0.29) is 0 Å². The van der Waals surface area contributed by atoms with Gasteiger partial charge in [-0.25, -0.2) is 0 Å². The molecule has 0 atom stereocenters. The topological polar surface area (TPSA) is 8.17 Å². The van der Waals surface area contributed by atoms with Crippen LogP contribution in [-0.4, -0.2) is 4.57 Å². The number of benzene rings is 8. The molecule has 0 saturated heterocycles. The van der Waals surface area contributed by atoms with E-state index in [2.05, 4.69) is 191 Å². The molecule has 9 rings (SSSR count). The number of hydrogen-bond donors (Lipinski definition) is 0. The average molecular weight is 587 g/mol. The maximum atomic E-state index is 2.38. The largest absolute Gasteiger partial charge is 0.310 e. The maximum absolute atomic E-state index is 2.38. The summed E-state index contributed by atoms with van der Waals surface area (Å²) < 4.78 is 2.38. The fourth-order valence-electron chi connectivity index (χ4n) is 7.05. The van der Waals surface area contributed by atoms with Crippen LogP contribution in [0.25, 0.3) is 60.2 Å². The summed E-state index contributed by atoms with van der Waals surface area (Å²) in [7, 11) is 0. The third-order valence-corrected chi connectivity index (χ3v) is 9.14. The van der Waals surface area contributed by atoms with Gasteiger partial charge in [-0.05, 0) is 81.9 Å². The second-order valence-corrected chi connectivity index (χ2v) is 11.8. The molecule has 0 fully saturated rings. The molecule has 0 aliphatic rings. The first kappa shape index (κ1) is 26.3. The predicted molar refractivity (Wildman–Crippen MR) is 196 cm³/mol. The van der Waals surface area contributed by atoms with E-state index in [0.717, 1.165) is 17.1 Å². The van der Waals surface area contributed by atoms with Crippen LogP contribution in [-0.2, 0) is 0 Å². The van der Waals surface area contributed by atoms with Gasteiger partial charge in [0.25, 0.3) is 0 Å². The van der Waals surface area contributed by atoms with E-state index in [1.807, 2.05) is 0 Å². The second kappa shape index (κ2) is 10.8. The summed E-state index contributed by atoms with van der Waals surface area (Å²) in [5.41, 5.74) is 9.39. The lowest BCUT2D eigenvalue weighted by Gasteiger charge is -2.27. The lowest BCUT2D eigenvalue weighted by Crippen LogP contribution is -2.10. The first-order chi connectivity index (χ1) is 22.8. The lowest BCUT2D eigenvalue weighted by atomic mass is 9.98. The smallest absolute Gasteiger partial charge is 0.0546 e. The molecule has 2 nitrogen and oxygen atoms in total. The third kappa shape index (κ3) is 4.27. The number of hydrogen-bond acceptors (Lipinski definition) is 1. The summed E-state index contributed by atoms with van der Waals surface area (Å²) >= 11 is 0. The quantitative estimate of drug-likeness (QED) is 0.182. The van der Waals surface area contributed by atoms with Crippen molar-refractivity contribution in [3.63, 3.8) is 0 Å². The number of para-hydroxylation sites is 3. The van der Waals surface area contributed by atoms with Gasteiger partial charge in [0.15, 0.2) is 0 Å². The molecule has 0 spiro atoms. The van der Waals surface area contributed by atoms with Crippen molar-refractivity contribution in [1.82, 2.24) is 4.57 Å². The molecular weight excluding hydrogens is 556 g/mol. The molecular formula is C44H30N2. The highest BCUT2D eigenvalue weighted by atomic mass is 15.1. The maximum Gasteiger partial charge on any atom is 0.0546 e. The number of rotatable bonds is 5. The van der Waals surface area contributed by atoms with Crippen LogP contribution < -0.4 is 4.90 Å². The normalized spacial score (nSPS) is 11.5. The van der Waals surface area contributed by atoms with Crippen molar-refractivity contribution in [1.29, 1.82) is 0 Å². The van der Waals surface area contributed by atoms with Crippen molar-refractivity contribution in [2.75, 3.05) is 4.90 Å². The molecule has 0 amide bonds. The van der Waals surface area contributed by atoms with Gasteiger partial charge < -0.3 is 9.47 Å². The van der Waals surface area contributed by atoms with E-state index >= 15 is 0 Å². The van der Waals surface area contributed by atoms with Gasteiger partial charge in [0.2, 0.25) is 0 Å². The summed E-state index contributed by atoms with van der Waals surface area (Å²) in [4.78, 5) is 2.38. The van der Waals surface area contributed by atoms with E-state index in [1.165, 1.54) is 60.2 Å². The Morgan fingerprint density at radius 1 is 0.348 bits per heavy atom. The van der Waals surface area contributed by atoms with Crippen molar-refractivity contribution in [3.8, 4) is 16.8 Å². The van der Waals surface area contributed by atoms with Crippen molar-refractivity contribution >= 4 is 60.4 Å². The average Bonchev–Trinajstić information content (AvgIpc) is 3.47. The fourth-order valence-corrected chi connectivity index (χ4v) is 7.05. The molecule has 0 radical (unpaired) electrons.